The van der Waals surface area contributed by atoms with E-state index in [0.29, 0.717) is 17.0 Å². The lowest BCUT2D eigenvalue weighted by Crippen LogP contribution is -2.29. The van der Waals surface area contributed by atoms with Crippen molar-refractivity contribution in [1.29, 1.82) is 0 Å². The Morgan fingerprint density at radius 3 is 2.42 bits per heavy atom. The zero-order valence-electron chi connectivity index (χ0n) is 10.2. The summed E-state index contributed by atoms with van der Waals surface area (Å²) in [6.45, 7) is 1.90. The van der Waals surface area contributed by atoms with Crippen LogP contribution in [-0.4, -0.2) is 0 Å². The first kappa shape index (κ1) is 14.4. The van der Waals surface area contributed by atoms with E-state index in [1.807, 2.05) is 12.3 Å². The van der Waals surface area contributed by atoms with Crippen LogP contribution in [0.15, 0.2) is 23.6 Å². The number of nitrogens with one attached hydrogen (secondary N) is 1. The molecule has 0 aliphatic heterocycles. The van der Waals surface area contributed by atoms with Crippen molar-refractivity contribution in [2.45, 2.75) is 19.4 Å². The van der Waals surface area contributed by atoms with Crippen LogP contribution in [-0.2, 0) is 6.42 Å². The fourth-order valence-corrected chi connectivity index (χ4v) is 3.26. The number of thiophene rings is 1. The van der Waals surface area contributed by atoms with Crippen LogP contribution in [0, 0.1) is 18.6 Å². The molecule has 0 fully saturated rings. The van der Waals surface area contributed by atoms with E-state index >= 15 is 0 Å². The Morgan fingerprint density at radius 1 is 1.32 bits per heavy atom. The number of halogens is 3. The van der Waals surface area contributed by atoms with Crippen LogP contribution in [0.1, 0.15) is 22.0 Å². The molecule has 1 aromatic carbocycles. The van der Waals surface area contributed by atoms with Crippen molar-refractivity contribution in [3.05, 3.63) is 56.2 Å². The smallest absolute Gasteiger partial charge is 0.126 e. The third-order valence-electron chi connectivity index (χ3n) is 2.81. The second-order valence-corrected chi connectivity index (χ2v) is 5.59. The Bertz CT molecular complexity index is 566. The van der Waals surface area contributed by atoms with E-state index in [1.165, 1.54) is 23.5 Å². The molecular weight excluding hydrogens is 290 g/mol. The van der Waals surface area contributed by atoms with Gasteiger partial charge in [0.25, 0.3) is 0 Å². The first-order valence-electron chi connectivity index (χ1n) is 5.66. The van der Waals surface area contributed by atoms with Crippen molar-refractivity contribution in [1.82, 2.24) is 5.43 Å². The molecule has 0 saturated carbocycles. The average molecular weight is 303 g/mol. The molecule has 1 aromatic heterocycles. The molecule has 6 heteroatoms. The zero-order chi connectivity index (χ0) is 14.0. The maximum atomic E-state index is 13.2. The third kappa shape index (κ3) is 3.30. The topological polar surface area (TPSA) is 38.0 Å². The van der Waals surface area contributed by atoms with Gasteiger partial charge in [-0.05, 0) is 42.0 Å². The highest BCUT2D eigenvalue weighted by atomic mass is 35.5. The molecule has 0 saturated heterocycles. The predicted octanol–water partition coefficient (Wildman–Crippen LogP) is 3.74. The van der Waals surface area contributed by atoms with E-state index in [4.69, 9.17) is 17.4 Å². The molecule has 0 radical (unpaired) electrons. The van der Waals surface area contributed by atoms with Gasteiger partial charge in [-0.15, -0.1) is 11.3 Å². The van der Waals surface area contributed by atoms with Gasteiger partial charge in [-0.1, -0.05) is 11.6 Å². The fraction of sp³-hybridized carbons (Fsp3) is 0.231. The Hall–Kier alpha value is -1.01. The van der Waals surface area contributed by atoms with E-state index in [9.17, 15) is 8.78 Å². The standard InChI is InChI=1S/C13H13ClF2N2S/c1-7-6-19-13(12(7)14)11(18-17)4-8-2-9(15)5-10(16)3-8/h2-3,5-6,11,18H,4,17H2,1H3. The quantitative estimate of drug-likeness (QED) is 0.667. The van der Waals surface area contributed by atoms with Gasteiger partial charge >= 0.3 is 0 Å². The number of rotatable bonds is 4. The highest BCUT2D eigenvalue weighted by Crippen LogP contribution is 2.33. The van der Waals surface area contributed by atoms with Crippen molar-refractivity contribution >= 4 is 22.9 Å². The zero-order valence-corrected chi connectivity index (χ0v) is 11.8. The van der Waals surface area contributed by atoms with Gasteiger partial charge < -0.3 is 0 Å². The van der Waals surface area contributed by atoms with Gasteiger partial charge in [0.15, 0.2) is 0 Å². The highest BCUT2D eigenvalue weighted by Gasteiger charge is 2.18. The lowest BCUT2D eigenvalue weighted by atomic mass is 10.0. The average Bonchev–Trinajstić information content (AvgIpc) is 2.66. The molecule has 0 aliphatic carbocycles. The molecule has 1 heterocycles. The maximum Gasteiger partial charge on any atom is 0.126 e. The van der Waals surface area contributed by atoms with Gasteiger partial charge in [0, 0.05) is 10.9 Å². The van der Waals surface area contributed by atoms with E-state index in [-0.39, 0.29) is 6.04 Å². The first-order chi connectivity index (χ1) is 9.01. The second-order valence-electron chi connectivity index (χ2n) is 4.30. The third-order valence-corrected chi connectivity index (χ3v) is 4.63. The number of aryl methyl sites for hydroxylation is 1. The molecule has 2 nitrogen and oxygen atoms in total. The van der Waals surface area contributed by atoms with Crippen LogP contribution in [0.25, 0.3) is 0 Å². The normalized spacial score (nSPS) is 12.7. The van der Waals surface area contributed by atoms with Crippen molar-refractivity contribution in [3.8, 4) is 0 Å². The molecule has 0 bridgehead atoms. The molecule has 0 amide bonds. The van der Waals surface area contributed by atoms with Crippen LogP contribution in [0.5, 0.6) is 0 Å². The molecule has 3 N–H and O–H groups in total. The number of hydrogen-bond acceptors (Lipinski definition) is 3. The molecule has 2 rings (SSSR count). The summed E-state index contributed by atoms with van der Waals surface area (Å²) in [5.74, 6) is 4.32. The van der Waals surface area contributed by atoms with E-state index in [0.717, 1.165) is 16.5 Å². The van der Waals surface area contributed by atoms with Gasteiger partial charge in [-0.3, -0.25) is 11.3 Å². The summed E-state index contributed by atoms with van der Waals surface area (Å²) in [4.78, 5) is 0.867. The summed E-state index contributed by atoms with van der Waals surface area (Å²) in [6, 6.07) is 3.16. The largest absolute Gasteiger partial charge is 0.271 e. The minimum Gasteiger partial charge on any atom is -0.271 e. The summed E-state index contributed by atoms with van der Waals surface area (Å²) >= 11 is 7.65. The molecule has 1 unspecified atom stereocenters. The SMILES string of the molecule is Cc1csc(C(Cc2cc(F)cc(F)c2)NN)c1Cl. The van der Waals surface area contributed by atoms with Gasteiger partial charge in [0.2, 0.25) is 0 Å². The number of hydrogen-bond donors (Lipinski definition) is 2. The lowest BCUT2D eigenvalue weighted by Gasteiger charge is -2.15. The number of hydrazine groups is 1. The lowest BCUT2D eigenvalue weighted by molar-refractivity contribution is 0.546. The van der Waals surface area contributed by atoms with E-state index in [2.05, 4.69) is 5.43 Å². The molecule has 19 heavy (non-hydrogen) atoms. The van der Waals surface area contributed by atoms with Crippen LogP contribution in [0.2, 0.25) is 5.02 Å². The van der Waals surface area contributed by atoms with Crippen molar-refractivity contribution < 1.29 is 8.78 Å². The van der Waals surface area contributed by atoms with Gasteiger partial charge in [-0.25, -0.2) is 8.78 Å². The molecule has 1 atom stereocenters. The number of benzene rings is 1. The molecule has 2 aromatic rings. The summed E-state index contributed by atoms with van der Waals surface area (Å²) in [7, 11) is 0. The maximum absolute atomic E-state index is 13.2. The van der Waals surface area contributed by atoms with Gasteiger partial charge in [0.1, 0.15) is 11.6 Å². The van der Waals surface area contributed by atoms with Crippen LogP contribution in [0.3, 0.4) is 0 Å². The fourth-order valence-electron chi connectivity index (χ4n) is 1.88. The van der Waals surface area contributed by atoms with Crippen molar-refractivity contribution in [2.24, 2.45) is 5.84 Å². The summed E-state index contributed by atoms with van der Waals surface area (Å²) in [5, 5.41) is 2.57. The first-order valence-corrected chi connectivity index (χ1v) is 6.91. The van der Waals surface area contributed by atoms with E-state index in [1.54, 1.807) is 0 Å². The van der Waals surface area contributed by atoms with Crippen molar-refractivity contribution in [2.75, 3.05) is 0 Å². The summed E-state index contributed by atoms with van der Waals surface area (Å²) < 4.78 is 26.3. The van der Waals surface area contributed by atoms with Crippen molar-refractivity contribution in [3.63, 3.8) is 0 Å². The van der Waals surface area contributed by atoms with Crippen LogP contribution in [0.4, 0.5) is 8.78 Å². The monoisotopic (exact) mass is 302 g/mol. The minimum absolute atomic E-state index is 0.271. The minimum atomic E-state index is -0.598. The molecule has 102 valence electrons. The molecule has 0 spiro atoms. The molecule has 0 aliphatic rings. The Balaban J connectivity index is 2.26. The molecular formula is C13H13ClF2N2S. The number of nitrogens with two attached hydrogens (primary N) is 1. The Labute approximate surface area is 119 Å². The van der Waals surface area contributed by atoms with Gasteiger partial charge in [-0.2, -0.15) is 0 Å². The van der Waals surface area contributed by atoms with Crippen LogP contribution < -0.4 is 11.3 Å². The summed E-state index contributed by atoms with van der Waals surface area (Å²) in [6.07, 6.45) is 0.366. The predicted molar refractivity (Wildman–Crippen MR) is 74.2 cm³/mol. The van der Waals surface area contributed by atoms with E-state index < -0.39 is 11.6 Å². The Morgan fingerprint density at radius 2 is 1.95 bits per heavy atom. The van der Waals surface area contributed by atoms with Crippen LogP contribution >= 0.6 is 22.9 Å². The highest BCUT2D eigenvalue weighted by molar-refractivity contribution is 7.10. The second kappa shape index (κ2) is 5.96. The van der Waals surface area contributed by atoms with Gasteiger partial charge in [0.05, 0.1) is 11.1 Å². The Kier molecular flexibility index (Phi) is 4.52. The summed E-state index contributed by atoms with van der Waals surface area (Å²) in [5.41, 5.74) is 4.14.